The zero-order chi connectivity index (χ0) is 14.0. The van der Waals surface area contributed by atoms with Crippen molar-refractivity contribution in [2.24, 2.45) is 0 Å². The van der Waals surface area contributed by atoms with Crippen LogP contribution < -0.4 is 5.32 Å². The molecule has 3 rings (SSSR count). The summed E-state index contributed by atoms with van der Waals surface area (Å²) in [6, 6.07) is 0. The van der Waals surface area contributed by atoms with Gasteiger partial charge in [0.25, 0.3) is 0 Å². The summed E-state index contributed by atoms with van der Waals surface area (Å²) in [4.78, 5) is 9.71. The molecule has 0 atom stereocenters. The van der Waals surface area contributed by atoms with Crippen LogP contribution >= 0.6 is 0 Å². The molecule has 0 bridgehead atoms. The van der Waals surface area contributed by atoms with E-state index in [1.807, 2.05) is 0 Å². The first-order valence-electron chi connectivity index (χ1n) is 7.98. The molecule has 110 valence electrons. The highest BCUT2D eigenvalue weighted by atomic mass is 16.5. The van der Waals surface area contributed by atoms with Crippen LogP contribution in [0.1, 0.15) is 62.5 Å². The molecular weight excluding hydrogens is 250 g/mol. The number of hydrogen-bond donors (Lipinski definition) is 1. The molecule has 0 aliphatic heterocycles. The van der Waals surface area contributed by atoms with Crippen molar-refractivity contribution in [2.75, 3.05) is 19.0 Å². The van der Waals surface area contributed by atoms with Crippen LogP contribution in [-0.4, -0.2) is 23.6 Å². The van der Waals surface area contributed by atoms with Gasteiger partial charge in [-0.3, -0.25) is 0 Å². The largest absolute Gasteiger partial charge is 0.370 e. The molecule has 0 radical (unpaired) electrons. The van der Waals surface area contributed by atoms with Gasteiger partial charge in [-0.05, 0) is 51.4 Å². The Bertz CT molecular complexity index is 477. The Kier molecular flexibility index (Phi) is 3.92. The number of hydrogen-bond acceptors (Lipinski definition) is 4. The van der Waals surface area contributed by atoms with Crippen LogP contribution in [0.15, 0.2) is 0 Å². The van der Waals surface area contributed by atoms with Gasteiger partial charge in [-0.1, -0.05) is 6.92 Å². The molecule has 2 aliphatic rings. The van der Waals surface area contributed by atoms with Gasteiger partial charge in [-0.25, -0.2) is 9.97 Å². The predicted octanol–water partition coefficient (Wildman–Crippen LogP) is 3.20. The number of methoxy groups -OCH3 is 1. The number of fused-ring (bicyclic) bond motifs is 1. The van der Waals surface area contributed by atoms with Gasteiger partial charge >= 0.3 is 0 Å². The van der Waals surface area contributed by atoms with Crippen molar-refractivity contribution in [2.45, 2.75) is 63.9 Å². The third-order valence-corrected chi connectivity index (χ3v) is 4.69. The normalized spacial score (nSPS) is 20.1. The van der Waals surface area contributed by atoms with E-state index in [0.29, 0.717) is 0 Å². The Balaban J connectivity index is 1.98. The first-order chi connectivity index (χ1) is 9.79. The minimum atomic E-state index is -0.213. The van der Waals surface area contributed by atoms with Gasteiger partial charge in [-0.15, -0.1) is 0 Å². The van der Waals surface area contributed by atoms with Gasteiger partial charge in [0, 0.05) is 24.9 Å². The molecule has 1 aromatic heterocycles. The SMILES string of the molecule is CCCNc1nc(C2(OC)CCC2)nc2c1CCCC2. The Labute approximate surface area is 121 Å². The van der Waals surface area contributed by atoms with E-state index in [0.717, 1.165) is 50.3 Å². The lowest BCUT2D eigenvalue weighted by Gasteiger charge is -2.39. The van der Waals surface area contributed by atoms with Crippen molar-refractivity contribution in [3.05, 3.63) is 17.1 Å². The van der Waals surface area contributed by atoms with Crippen LogP contribution in [0.3, 0.4) is 0 Å². The van der Waals surface area contributed by atoms with E-state index in [2.05, 4.69) is 12.2 Å². The Hall–Kier alpha value is -1.16. The van der Waals surface area contributed by atoms with Crippen LogP contribution in [0.25, 0.3) is 0 Å². The summed E-state index contributed by atoms with van der Waals surface area (Å²) in [6.45, 7) is 3.16. The van der Waals surface area contributed by atoms with Crippen LogP contribution in [0.4, 0.5) is 5.82 Å². The maximum atomic E-state index is 5.76. The van der Waals surface area contributed by atoms with Crippen LogP contribution in [0, 0.1) is 0 Å². The van der Waals surface area contributed by atoms with Crippen molar-refractivity contribution < 1.29 is 4.74 Å². The smallest absolute Gasteiger partial charge is 0.162 e. The van der Waals surface area contributed by atoms with Crippen molar-refractivity contribution in [1.29, 1.82) is 0 Å². The van der Waals surface area contributed by atoms with E-state index in [4.69, 9.17) is 14.7 Å². The molecule has 1 heterocycles. The minimum absolute atomic E-state index is 0.213. The van der Waals surface area contributed by atoms with Crippen LogP contribution in [0.5, 0.6) is 0 Å². The van der Waals surface area contributed by atoms with E-state index in [1.165, 1.54) is 30.5 Å². The van der Waals surface area contributed by atoms with Crippen molar-refractivity contribution >= 4 is 5.82 Å². The monoisotopic (exact) mass is 275 g/mol. The lowest BCUT2D eigenvalue weighted by atomic mass is 9.79. The number of aromatic nitrogens is 2. The molecule has 20 heavy (non-hydrogen) atoms. The average Bonchev–Trinajstić information content (AvgIpc) is 2.44. The molecule has 0 saturated heterocycles. The van der Waals surface area contributed by atoms with Crippen molar-refractivity contribution in [3.63, 3.8) is 0 Å². The highest BCUT2D eigenvalue weighted by Crippen LogP contribution is 2.43. The second kappa shape index (κ2) is 5.68. The highest BCUT2D eigenvalue weighted by molar-refractivity contribution is 5.48. The molecular formula is C16H25N3O. The molecule has 1 aromatic rings. The number of aryl methyl sites for hydroxylation is 1. The number of anilines is 1. The van der Waals surface area contributed by atoms with Crippen LogP contribution in [0.2, 0.25) is 0 Å². The maximum absolute atomic E-state index is 5.76. The van der Waals surface area contributed by atoms with E-state index >= 15 is 0 Å². The summed E-state index contributed by atoms with van der Waals surface area (Å²) < 4.78 is 5.76. The molecule has 0 spiro atoms. The van der Waals surface area contributed by atoms with E-state index in [1.54, 1.807) is 7.11 Å². The molecule has 4 nitrogen and oxygen atoms in total. The van der Waals surface area contributed by atoms with E-state index in [-0.39, 0.29) is 5.60 Å². The quantitative estimate of drug-likeness (QED) is 0.896. The molecule has 4 heteroatoms. The van der Waals surface area contributed by atoms with Crippen LogP contribution in [-0.2, 0) is 23.2 Å². The Morgan fingerprint density at radius 3 is 2.60 bits per heavy atom. The summed E-state index contributed by atoms with van der Waals surface area (Å²) in [5.41, 5.74) is 2.39. The lowest BCUT2D eigenvalue weighted by molar-refractivity contribution is -0.0847. The molecule has 1 saturated carbocycles. The number of rotatable bonds is 5. The summed E-state index contributed by atoms with van der Waals surface area (Å²) in [7, 11) is 1.79. The molecule has 0 unspecified atom stereocenters. The fourth-order valence-corrected chi connectivity index (χ4v) is 3.20. The summed E-state index contributed by atoms with van der Waals surface area (Å²) >= 11 is 0. The average molecular weight is 275 g/mol. The first kappa shape index (κ1) is 13.8. The number of nitrogens with zero attached hydrogens (tertiary/aromatic N) is 2. The number of ether oxygens (including phenoxy) is 1. The van der Waals surface area contributed by atoms with Gasteiger partial charge < -0.3 is 10.1 Å². The summed E-state index contributed by atoms with van der Waals surface area (Å²) in [5, 5.41) is 3.50. The lowest BCUT2D eigenvalue weighted by Crippen LogP contribution is -2.38. The molecule has 2 aliphatic carbocycles. The fourth-order valence-electron chi connectivity index (χ4n) is 3.20. The zero-order valence-electron chi connectivity index (χ0n) is 12.7. The van der Waals surface area contributed by atoms with E-state index < -0.39 is 0 Å². The third kappa shape index (κ3) is 2.30. The molecule has 0 aromatic carbocycles. The summed E-state index contributed by atoms with van der Waals surface area (Å²) in [6.07, 6.45) is 9.14. The maximum Gasteiger partial charge on any atom is 0.162 e. The molecule has 1 fully saturated rings. The summed E-state index contributed by atoms with van der Waals surface area (Å²) in [5.74, 6) is 1.97. The van der Waals surface area contributed by atoms with Gasteiger partial charge in [0.2, 0.25) is 0 Å². The Morgan fingerprint density at radius 1 is 1.15 bits per heavy atom. The zero-order valence-corrected chi connectivity index (χ0v) is 12.7. The topological polar surface area (TPSA) is 47.0 Å². The second-order valence-electron chi connectivity index (χ2n) is 6.01. The minimum Gasteiger partial charge on any atom is -0.370 e. The first-order valence-corrected chi connectivity index (χ1v) is 7.98. The van der Waals surface area contributed by atoms with Gasteiger partial charge in [0.05, 0.1) is 0 Å². The van der Waals surface area contributed by atoms with E-state index in [9.17, 15) is 0 Å². The Morgan fingerprint density at radius 2 is 1.95 bits per heavy atom. The van der Waals surface area contributed by atoms with Gasteiger partial charge in [-0.2, -0.15) is 0 Å². The number of nitrogens with one attached hydrogen (secondary N) is 1. The fraction of sp³-hybridized carbons (Fsp3) is 0.750. The predicted molar refractivity (Wildman–Crippen MR) is 80.0 cm³/mol. The van der Waals surface area contributed by atoms with Gasteiger partial charge in [0.15, 0.2) is 5.82 Å². The second-order valence-corrected chi connectivity index (χ2v) is 6.01. The van der Waals surface area contributed by atoms with Crippen molar-refractivity contribution in [3.8, 4) is 0 Å². The molecule has 0 amide bonds. The highest BCUT2D eigenvalue weighted by Gasteiger charge is 2.42. The third-order valence-electron chi connectivity index (χ3n) is 4.69. The standard InChI is InChI=1S/C16H25N3O/c1-3-11-17-14-12-7-4-5-8-13(12)18-15(19-14)16(20-2)9-6-10-16/h3-11H2,1-2H3,(H,17,18,19). The molecule has 1 N–H and O–H groups in total. The van der Waals surface area contributed by atoms with Gasteiger partial charge in [0.1, 0.15) is 11.4 Å². The van der Waals surface area contributed by atoms with Crippen molar-refractivity contribution in [1.82, 2.24) is 9.97 Å².